The van der Waals surface area contributed by atoms with Crippen LogP contribution >= 0.6 is 0 Å². The first-order valence-corrected chi connectivity index (χ1v) is 4.99. The summed E-state index contributed by atoms with van der Waals surface area (Å²) >= 11 is 0. The van der Waals surface area contributed by atoms with Crippen LogP contribution in [0.25, 0.3) is 0 Å². The van der Waals surface area contributed by atoms with Gasteiger partial charge < -0.3 is 4.74 Å². The number of carbonyl (C=O) groups excluding carboxylic acids is 1. The predicted molar refractivity (Wildman–Crippen MR) is 54.7 cm³/mol. The smallest absolute Gasteiger partial charge is 0.417 e. The first-order chi connectivity index (χ1) is 7.79. The summed E-state index contributed by atoms with van der Waals surface area (Å²) in [7, 11) is 0. The van der Waals surface area contributed by atoms with Gasteiger partial charge in [0.15, 0.2) is 0 Å². The number of aryl methyl sites for hydroxylation is 2. The van der Waals surface area contributed by atoms with E-state index in [1.807, 2.05) is 0 Å². The standard InChI is InChI=1S/C11H12F3NO2/c1-4-17-10(16)8-7(3)15-5-6(2)9(8)11(12,13)14/h5H,4H2,1-3H3. The summed E-state index contributed by atoms with van der Waals surface area (Å²) in [5, 5.41) is 0. The van der Waals surface area contributed by atoms with Gasteiger partial charge in [-0.2, -0.15) is 13.2 Å². The van der Waals surface area contributed by atoms with Crippen LogP contribution in [0.4, 0.5) is 13.2 Å². The van der Waals surface area contributed by atoms with Gasteiger partial charge >= 0.3 is 12.1 Å². The van der Waals surface area contributed by atoms with Gasteiger partial charge in [0.1, 0.15) is 0 Å². The monoisotopic (exact) mass is 247 g/mol. The van der Waals surface area contributed by atoms with Crippen LogP contribution in [-0.4, -0.2) is 17.6 Å². The third-order valence-electron chi connectivity index (χ3n) is 2.22. The van der Waals surface area contributed by atoms with Gasteiger partial charge in [-0.1, -0.05) is 0 Å². The maximum absolute atomic E-state index is 12.9. The molecular weight excluding hydrogens is 235 g/mol. The van der Waals surface area contributed by atoms with Crippen LogP contribution in [0.3, 0.4) is 0 Å². The van der Waals surface area contributed by atoms with E-state index in [0.717, 1.165) is 6.20 Å². The Morgan fingerprint density at radius 1 is 1.41 bits per heavy atom. The zero-order valence-corrected chi connectivity index (χ0v) is 9.68. The van der Waals surface area contributed by atoms with E-state index in [4.69, 9.17) is 0 Å². The van der Waals surface area contributed by atoms with Crippen LogP contribution in [0.15, 0.2) is 6.20 Å². The number of rotatable bonds is 2. The number of halogens is 3. The average Bonchev–Trinajstić information content (AvgIpc) is 2.19. The molecule has 0 aliphatic carbocycles. The van der Waals surface area contributed by atoms with Gasteiger partial charge in [0.2, 0.25) is 0 Å². The molecule has 1 rings (SSSR count). The lowest BCUT2D eigenvalue weighted by atomic mass is 10.0. The Morgan fingerprint density at radius 3 is 2.47 bits per heavy atom. The maximum atomic E-state index is 12.9. The van der Waals surface area contributed by atoms with Crippen molar-refractivity contribution in [3.05, 3.63) is 28.6 Å². The number of nitrogens with zero attached hydrogens (tertiary/aromatic N) is 1. The van der Waals surface area contributed by atoms with E-state index in [1.54, 1.807) is 0 Å². The number of ether oxygens (including phenoxy) is 1. The van der Waals surface area contributed by atoms with Crippen molar-refractivity contribution in [1.82, 2.24) is 4.98 Å². The molecule has 0 saturated heterocycles. The number of pyridine rings is 1. The maximum Gasteiger partial charge on any atom is 0.417 e. The molecule has 0 saturated carbocycles. The molecule has 17 heavy (non-hydrogen) atoms. The van der Waals surface area contributed by atoms with Gasteiger partial charge in [-0.05, 0) is 26.3 Å². The van der Waals surface area contributed by atoms with E-state index in [1.165, 1.54) is 20.8 Å². The van der Waals surface area contributed by atoms with Crippen molar-refractivity contribution in [2.24, 2.45) is 0 Å². The Labute approximate surface area is 96.6 Å². The van der Waals surface area contributed by atoms with Crippen LogP contribution in [0, 0.1) is 13.8 Å². The van der Waals surface area contributed by atoms with E-state index in [9.17, 15) is 18.0 Å². The molecule has 94 valence electrons. The second kappa shape index (κ2) is 4.73. The summed E-state index contributed by atoms with van der Waals surface area (Å²) in [4.78, 5) is 15.3. The number of aromatic nitrogens is 1. The predicted octanol–water partition coefficient (Wildman–Crippen LogP) is 2.89. The van der Waals surface area contributed by atoms with Crippen molar-refractivity contribution in [3.8, 4) is 0 Å². The summed E-state index contributed by atoms with van der Waals surface area (Å²) in [5.74, 6) is -0.992. The molecular formula is C11H12F3NO2. The SMILES string of the molecule is CCOC(=O)c1c(C)ncc(C)c1C(F)(F)F. The van der Waals surface area contributed by atoms with Gasteiger partial charge in [0.25, 0.3) is 0 Å². The first-order valence-electron chi connectivity index (χ1n) is 4.99. The van der Waals surface area contributed by atoms with E-state index in [2.05, 4.69) is 9.72 Å². The topological polar surface area (TPSA) is 39.2 Å². The lowest BCUT2D eigenvalue weighted by Gasteiger charge is -2.15. The van der Waals surface area contributed by atoms with E-state index in [0.29, 0.717) is 0 Å². The van der Waals surface area contributed by atoms with Crippen LogP contribution in [-0.2, 0) is 10.9 Å². The minimum Gasteiger partial charge on any atom is -0.462 e. The summed E-state index contributed by atoms with van der Waals surface area (Å²) in [6.45, 7) is 4.16. The third kappa shape index (κ3) is 2.75. The van der Waals surface area contributed by atoms with Gasteiger partial charge in [-0.15, -0.1) is 0 Å². The Morgan fingerprint density at radius 2 is 2.00 bits per heavy atom. The molecule has 0 amide bonds. The molecule has 1 aromatic rings. The van der Waals surface area contributed by atoms with Crippen molar-refractivity contribution in [3.63, 3.8) is 0 Å². The highest BCUT2D eigenvalue weighted by Gasteiger charge is 2.38. The fourth-order valence-corrected chi connectivity index (χ4v) is 1.52. The quantitative estimate of drug-likeness (QED) is 0.754. The molecule has 6 heteroatoms. The van der Waals surface area contributed by atoms with Crippen molar-refractivity contribution >= 4 is 5.97 Å². The molecule has 0 aliphatic heterocycles. The molecule has 0 fully saturated rings. The highest BCUT2D eigenvalue weighted by molar-refractivity contribution is 5.92. The van der Waals surface area contributed by atoms with E-state index >= 15 is 0 Å². The summed E-state index contributed by atoms with van der Waals surface area (Å²) in [6.07, 6.45) is -3.50. The van der Waals surface area contributed by atoms with Crippen LogP contribution in [0.1, 0.15) is 34.1 Å². The average molecular weight is 247 g/mol. The molecule has 3 nitrogen and oxygen atoms in total. The molecule has 1 heterocycles. The fraction of sp³-hybridized carbons (Fsp3) is 0.455. The van der Waals surface area contributed by atoms with Crippen LogP contribution < -0.4 is 0 Å². The number of hydrogen-bond acceptors (Lipinski definition) is 3. The molecule has 0 aliphatic rings. The lowest BCUT2D eigenvalue weighted by Crippen LogP contribution is -2.19. The van der Waals surface area contributed by atoms with Gasteiger partial charge in [0, 0.05) is 6.20 Å². The zero-order chi connectivity index (χ0) is 13.2. The Hall–Kier alpha value is -1.59. The molecule has 0 aromatic carbocycles. The Balaban J connectivity index is 3.46. The van der Waals surface area contributed by atoms with Crippen LogP contribution in [0.2, 0.25) is 0 Å². The van der Waals surface area contributed by atoms with Crippen molar-refractivity contribution in [2.75, 3.05) is 6.61 Å². The normalized spacial score (nSPS) is 11.4. The number of alkyl halides is 3. The summed E-state index contributed by atoms with van der Waals surface area (Å²) < 4.78 is 43.2. The Bertz CT molecular complexity index is 441. The van der Waals surface area contributed by atoms with Crippen molar-refractivity contribution in [2.45, 2.75) is 26.9 Å². The minimum atomic E-state index is -4.60. The molecule has 0 spiro atoms. The Kier molecular flexibility index (Phi) is 3.75. The highest BCUT2D eigenvalue weighted by Crippen LogP contribution is 2.35. The van der Waals surface area contributed by atoms with E-state index in [-0.39, 0.29) is 17.9 Å². The first kappa shape index (κ1) is 13.5. The van der Waals surface area contributed by atoms with Crippen LogP contribution in [0.5, 0.6) is 0 Å². The molecule has 0 N–H and O–H groups in total. The molecule has 0 radical (unpaired) electrons. The minimum absolute atomic E-state index is 0.0152. The second-order valence-electron chi connectivity index (χ2n) is 3.49. The lowest BCUT2D eigenvalue weighted by molar-refractivity contribution is -0.138. The van der Waals surface area contributed by atoms with E-state index < -0.39 is 23.3 Å². The zero-order valence-electron chi connectivity index (χ0n) is 9.68. The summed E-state index contributed by atoms with van der Waals surface area (Å²) in [6, 6.07) is 0. The number of hydrogen-bond donors (Lipinski definition) is 0. The fourth-order valence-electron chi connectivity index (χ4n) is 1.52. The van der Waals surface area contributed by atoms with Crippen molar-refractivity contribution < 1.29 is 22.7 Å². The highest BCUT2D eigenvalue weighted by atomic mass is 19.4. The van der Waals surface area contributed by atoms with Gasteiger partial charge in [-0.3, -0.25) is 4.98 Å². The van der Waals surface area contributed by atoms with Crippen molar-refractivity contribution in [1.29, 1.82) is 0 Å². The third-order valence-corrected chi connectivity index (χ3v) is 2.22. The largest absolute Gasteiger partial charge is 0.462 e. The summed E-state index contributed by atoms with van der Waals surface area (Å²) in [5.41, 5.74) is -1.55. The molecule has 1 aromatic heterocycles. The van der Waals surface area contributed by atoms with Gasteiger partial charge in [-0.25, -0.2) is 4.79 Å². The number of esters is 1. The second-order valence-corrected chi connectivity index (χ2v) is 3.49. The number of carbonyl (C=O) groups is 1. The van der Waals surface area contributed by atoms with Gasteiger partial charge in [0.05, 0.1) is 23.4 Å². The molecule has 0 unspecified atom stereocenters. The molecule has 0 atom stereocenters. The molecule has 0 bridgehead atoms.